The molecule has 0 aliphatic carbocycles. The fraction of sp³-hybridized carbons (Fsp3) is 0.318. The number of amides is 1. The lowest BCUT2D eigenvalue weighted by Gasteiger charge is -2.23. The molecule has 1 unspecified atom stereocenters. The van der Waals surface area contributed by atoms with E-state index in [1.165, 1.54) is 5.56 Å². The molecule has 0 radical (unpaired) electrons. The molecule has 0 saturated carbocycles. The smallest absolute Gasteiger partial charge is 0.240 e. The van der Waals surface area contributed by atoms with E-state index in [1.807, 2.05) is 12.1 Å². The second kappa shape index (κ2) is 9.37. The Morgan fingerprint density at radius 3 is 2.41 bits per heavy atom. The molecule has 1 amide bonds. The Morgan fingerprint density at radius 2 is 1.83 bits per heavy atom. The maximum absolute atomic E-state index is 12.9. The molecule has 0 aliphatic heterocycles. The van der Waals surface area contributed by atoms with Crippen LogP contribution in [0.15, 0.2) is 48.5 Å². The molecule has 1 aromatic heterocycles. The van der Waals surface area contributed by atoms with Crippen molar-refractivity contribution in [1.29, 1.82) is 0 Å². The summed E-state index contributed by atoms with van der Waals surface area (Å²) in [5, 5.41) is 10.9. The monoisotopic (exact) mass is 428 g/mol. The van der Waals surface area contributed by atoms with Crippen LogP contribution in [0.3, 0.4) is 0 Å². The molecule has 2 N–H and O–H groups in total. The summed E-state index contributed by atoms with van der Waals surface area (Å²) >= 11 is 11.3. The lowest BCUT2D eigenvalue weighted by Crippen LogP contribution is -2.34. The number of carbonyl (C=O) groups is 1. The number of aryl methyl sites for hydroxylation is 1. The van der Waals surface area contributed by atoms with Crippen molar-refractivity contribution in [2.75, 3.05) is 0 Å². The molecule has 3 rings (SSSR count). The van der Waals surface area contributed by atoms with Gasteiger partial charge in [-0.3, -0.25) is 14.5 Å². The zero-order chi connectivity index (χ0) is 21.0. The SMILES string of the molecule is CCc1ccc(C(NC(=O)Cn2c(-c3ccc(Cl)cc3)n[nH]c2=S)C(C)C)cc1. The number of aromatic nitrogens is 3. The molecule has 152 valence electrons. The molecule has 29 heavy (non-hydrogen) atoms. The normalized spacial score (nSPS) is 12.2. The van der Waals surface area contributed by atoms with Crippen LogP contribution in [-0.2, 0) is 17.8 Å². The first-order valence-electron chi connectivity index (χ1n) is 9.68. The van der Waals surface area contributed by atoms with Gasteiger partial charge in [0.05, 0.1) is 6.04 Å². The highest BCUT2D eigenvalue weighted by Gasteiger charge is 2.20. The average Bonchev–Trinajstić information content (AvgIpc) is 3.07. The van der Waals surface area contributed by atoms with E-state index in [2.05, 4.69) is 60.6 Å². The summed E-state index contributed by atoms with van der Waals surface area (Å²) < 4.78 is 2.10. The minimum atomic E-state index is -0.115. The van der Waals surface area contributed by atoms with Crippen LogP contribution in [-0.4, -0.2) is 20.7 Å². The number of hydrogen-bond acceptors (Lipinski definition) is 3. The maximum Gasteiger partial charge on any atom is 0.240 e. The van der Waals surface area contributed by atoms with Crippen LogP contribution in [0, 0.1) is 10.7 Å². The quantitative estimate of drug-likeness (QED) is 0.499. The Hall–Kier alpha value is -2.44. The highest BCUT2D eigenvalue weighted by molar-refractivity contribution is 7.71. The van der Waals surface area contributed by atoms with Crippen molar-refractivity contribution in [3.8, 4) is 11.4 Å². The van der Waals surface area contributed by atoms with Gasteiger partial charge in [-0.2, -0.15) is 5.10 Å². The van der Waals surface area contributed by atoms with Crippen LogP contribution in [0.5, 0.6) is 0 Å². The first kappa shape index (κ1) is 21.3. The van der Waals surface area contributed by atoms with Crippen LogP contribution in [0.1, 0.15) is 37.9 Å². The van der Waals surface area contributed by atoms with E-state index in [1.54, 1.807) is 16.7 Å². The Labute approximate surface area is 181 Å². The topological polar surface area (TPSA) is 62.7 Å². The van der Waals surface area contributed by atoms with Gasteiger partial charge in [0.1, 0.15) is 6.54 Å². The summed E-state index contributed by atoms with van der Waals surface area (Å²) in [6.45, 7) is 6.41. The number of rotatable bonds is 7. The first-order chi connectivity index (χ1) is 13.9. The van der Waals surface area contributed by atoms with Crippen molar-refractivity contribution in [2.45, 2.75) is 39.8 Å². The Bertz CT molecular complexity index is 1020. The maximum atomic E-state index is 12.9. The van der Waals surface area contributed by atoms with E-state index in [9.17, 15) is 4.79 Å². The molecular formula is C22H25ClN4OS. The van der Waals surface area contributed by atoms with Crippen molar-refractivity contribution < 1.29 is 4.79 Å². The highest BCUT2D eigenvalue weighted by atomic mass is 35.5. The number of carbonyl (C=O) groups excluding carboxylic acids is 1. The molecule has 0 fully saturated rings. The van der Waals surface area contributed by atoms with Gasteiger partial charge in [-0.15, -0.1) is 0 Å². The molecule has 1 atom stereocenters. The van der Waals surface area contributed by atoms with Gasteiger partial charge in [0.2, 0.25) is 5.91 Å². The molecule has 0 saturated heterocycles. The number of hydrogen-bond donors (Lipinski definition) is 2. The third-order valence-electron chi connectivity index (χ3n) is 4.89. The van der Waals surface area contributed by atoms with E-state index in [0.717, 1.165) is 17.5 Å². The van der Waals surface area contributed by atoms with Gasteiger partial charge in [-0.25, -0.2) is 0 Å². The van der Waals surface area contributed by atoms with Crippen LogP contribution >= 0.6 is 23.8 Å². The van der Waals surface area contributed by atoms with Gasteiger partial charge >= 0.3 is 0 Å². The van der Waals surface area contributed by atoms with E-state index in [0.29, 0.717) is 15.6 Å². The molecule has 1 heterocycles. The first-order valence-corrected chi connectivity index (χ1v) is 10.5. The third-order valence-corrected chi connectivity index (χ3v) is 5.46. The number of H-pyrrole nitrogens is 1. The van der Waals surface area contributed by atoms with Crippen molar-refractivity contribution in [1.82, 2.24) is 20.1 Å². The van der Waals surface area contributed by atoms with Gasteiger partial charge in [0.25, 0.3) is 0 Å². The van der Waals surface area contributed by atoms with E-state index < -0.39 is 0 Å². The van der Waals surface area contributed by atoms with Crippen molar-refractivity contribution in [3.05, 3.63) is 69.5 Å². The summed E-state index contributed by atoms with van der Waals surface area (Å²) in [7, 11) is 0. The molecule has 2 aromatic carbocycles. The molecule has 3 aromatic rings. The Balaban J connectivity index is 1.79. The Morgan fingerprint density at radius 1 is 1.17 bits per heavy atom. The zero-order valence-corrected chi connectivity index (χ0v) is 18.3. The van der Waals surface area contributed by atoms with Gasteiger partial charge in [0, 0.05) is 10.6 Å². The standard InChI is InChI=1S/C22H25ClN4OS/c1-4-15-5-7-16(8-6-15)20(14(2)3)24-19(28)13-27-21(25-26-22(27)29)17-9-11-18(23)12-10-17/h5-12,14,20H,4,13H2,1-3H3,(H,24,28)(H,26,29). The molecular weight excluding hydrogens is 404 g/mol. The van der Waals surface area contributed by atoms with Gasteiger partial charge in [-0.1, -0.05) is 56.6 Å². The number of nitrogens with one attached hydrogen (secondary N) is 2. The number of nitrogens with zero attached hydrogens (tertiary/aromatic N) is 2. The second-order valence-corrected chi connectivity index (χ2v) is 8.15. The van der Waals surface area contributed by atoms with E-state index >= 15 is 0 Å². The number of benzene rings is 2. The van der Waals surface area contributed by atoms with Gasteiger partial charge in [-0.05, 0) is 59.9 Å². The predicted molar refractivity (Wildman–Crippen MR) is 119 cm³/mol. The Kier molecular flexibility index (Phi) is 6.87. The molecule has 0 aliphatic rings. The minimum Gasteiger partial charge on any atom is -0.347 e. The van der Waals surface area contributed by atoms with Crippen molar-refractivity contribution in [3.63, 3.8) is 0 Å². The third kappa shape index (κ3) is 5.14. The van der Waals surface area contributed by atoms with Crippen molar-refractivity contribution in [2.24, 2.45) is 5.92 Å². The van der Waals surface area contributed by atoms with E-state index in [-0.39, 0.29) is 24.4 Å². The summed E-state index contributed by atoms with van der Waals surface area (Å²) in [4.78, 5) is 12.9. The van der Waals surface area contributed by atoms with Crippen LogP contribution in [0.2, 0.25) is 5.02 Å². The predicted octanol–water partition coefficient (Wildman–Crippen LogP) is 5.34. The summed E-state index contributed by atoms with van der Waals surface area (Å²) in [6, 6.07) is 15.6. The highest BCUT2D eigenvalue weighted by Crippen LogP contribution is 2.23. The number of halogens is 1. The number of aromatic amines is 1. The minimum absolute atomic E-state index is 0.0755. The van der Waals surface area contributed by atoms with Gasteiger partial charge in [0.15, 0.2) is 10.6 Å². The summed E-state index contributed by atoms with van der Waals surface area (Å²) in [6.07, 6.45) is 0.991. The molecule has 0 spiro atoms. The van der Waals surface area contributed by atoms with Crippen LogP contribution in [0.4, 0.5) is 0 Å². The lowest BCUT2D eigenvalue weighted by atomic mass is 9.95. The lowest BCUT2D eigenvalue weighted by molar-refractivity contribution is -0.122. The second-order valence-electron chi connectivity index (χ2n) is 7.33. The fourth-order valence-electron chi connectivity index (χ4n) is 3.24. The molecule has 7 heteroatoms. The average molecular weight is 429 g/mol. The zero-order valence-electron chi connectivity index (χ0n) is 16.8. The molecule has 5 nitrogen and oxygen atoms in total. The summed E-state index contributed by atoms with van der Waals surface area (Å²) in [5.74, 6) is 0.741. The largest absolute Gasteiger partial charge is 0.347 e. The molecule has 0 bridgehead atoms. The van der Waals surface area contributed by atoms with Crippen molar-refractivity contribution >= 4 is 29.7 Å². The van der Waals surface area contributed by atoms with E-state index in [4.69, 9.17) is 23.8 Å². The van der Waals surface area contributed by atoms with Gasteiger partial charge < -0.3 is 5.32 Å². The summed E-state index contributed by atoms with van der Waals surface area (Å²) in [5.41, 5.74) is 3.21. The van der Waals surface area contributed by atoms with Crippen LogP contribution in [0.25, 0.3) is 11.4 Å². The van der Waals surface area contributed by atoms with Crippen LogP contribution < -0.4 is 5.32 Å². The fourth-order valence-corrected chi connectivity index (χ4v) is 3.56.